The molecule has 3 aliphatic heterocycles. The number of carbonyl (C=O) groups excluding carboxylic acids is 1. The van der Waals surface area contributed by atoms with Crippen molar-refractivity contribution in [2.75, 3.05) is 5.73 Å². The van der Waals surface area contributed by atoms with Crippen LogP contribution in [0.1, 0.15) is 12.0 Å². The number of thioether (sulfide) groups is 1. The Bertz CT molecular complexity index is 1310. The molecule has 11 heteroatoms. The number of fused-ring (bicyclic) bond motifs is 1. The molecule has 0 bridgehead atoms. The molecule has 2 aromatic rings. The summed E-state index contributed by atoms with van der Waals surface area (Å²) in [5, 5.41) is 11.6. The zero-order chi connectivity index (χ0) is 22.1. The minimum atomic E-state index is -5.07. The highest BCUT2D eigenvalue weighted by Crippen LogP contribution is 2.45. The summed E-state index contributed by atoms with van der Waals surface area (Å²) in [4.78, 5) is 21.1. The van der Waals surface area contributed by atoms with Crippen molar-refractivity contribution < 1.29 is 27.8 Å². The van der Waals surface area contributed by atoms with Crippen LogP contribution in [0.2, 0.25) is 0 Å². The third-order valence-electron chi connectivity index (χ3n) is 5.37. The molecule has 0 saturated heterocycles. The van der Waals surface area contributed by atoms with Crippen molar-refractivity contribution in [3.63, 3.8) is 0 Å². The fraction of sp³-hybridized carbons (Fsp3) is 0.250. The molecular formula is C20H13BrF3N3O3S. The van der Waals surface area contributed by atoms with Crippen LogP contribution in [0.4, 0.5) is 24.5 Å². The number of halogens is 4. The molecule has 31 heavy (non-hydrogen) atoms. The summed E-state index contributed by atoms with van der Waals surface area (Å²) in [5.74, 6) is -2.49. The Morgan fingerprint density at radius 2 is 2.06 bits per heavy atom. The first-order chi connectivity index (χ1) is 14.6. The average molecular weight is 512 g/mol. The molecule has 3 aliphatic rings. The van der Waals surface area contributed by atoms with Gasteiger partial charge in [0.25, 0.3) is 0 Å². The highest BCUT2D eigenvalue weighted by Gasteiger charge is 2.42. The Kier molecular flexibility index (Phi) is 4.60. The number of nitrogens with two attached hydrogens (primary N) is 1. The van der Waals surface area contributed by atoms with Crippen LogP contribution in [0.3, 0.4) is 0 Å². The summed E-state index contributed by atoms with van der Waals surface area (Å²) >= 11 is 4.67. The van der Waals surface area contributed by atoms with Gasteiger partial charge in [-0.15, -0.1) is 11.8 Å². The van der Waals surface area contributed by atoms with Crippen LogP contribution in [0, 0.1) is 0 Å². The number of hydrogen-bond donors (Lipinski definition) is 2. The molecule has 6 nitrogen and oxygen atoms in total. The van der Waals surface area contributed by atoms with Crippen molar-refractivity contribution in [1.29, 1.82) is 0 Å². The van der Waals surface area contributed by atoms with Crippen molar-refractivity contribution in [3.05, 3.63) is 38.8 Å². The van der Waals surface area contributed by atoms with Crippen molar-refractivity contribution in [1.82, 2.24) is 0 Å². The van der Waals surface area contributed by atoms with Crippen molar-refractivity contribution >= 4 is 56.8 Å². The van der Waals surface area contributed by atoms with E-state index in [4.69, 9.17) is 10.7 Å². The Morgan fingerprint density at radius 3 is 2.81 bits per heavy atom. The average Bonchev–Trinajstić information content (AvgIpc) is 3.30. The fourth-order valence-electron chi connectivity index (χ4n) is 3.95. The van der Waals surface area contributed by atoms with Crippen LogP contribution >= 0.6 is 27.7 Å². The predicted octanol–water partition coefficient (Wildman–Crippen LogP) is 3.18. The number of carbonyl (C=O) groups is 1. The number of anilines is 1. The van der Waals surface area contributed by atoms with Gasteiger partial charge in [0.15, 0.2) is 5.75 Å². The summed E-state index contributed by atoms with van der Waals surface area (Å²) < 4.78 is 42.4. The molecule has 0 radical (unpaired) electrons. The first-order valence-corrected chi connectivity index (χ1v) is 10.8. The molecule has 3 heterocycles. The van der Waals surface area contributed by atoms with Gasteiger partial charge in [0.2, 0.25) is 0 Å². The number of alkyl halides is 3. The van der Waals surface area contributed by atoms with E-state index >= 15 is 0 Å². The lowest BCUT2D eigenvalue weighted by Gasteiger charge is -2.21. The third kappa shape index (κ3) is 3.39. The topological polar surface area (TPSA) is 97.3 Å². The SMILES string of the molecule is Nc1cc2c3c(c1O)N=CC=3CC(C1Cc3cc(Br)c(OC(=O)C(F)(F)F)cc3S1)N=2. The maximum absolute atomic E-state index is 12.5. The number of nitrogen functional groups attached to an aromatic ring is 1. The summed E-state index contributed by atoms with van der Waals surface area (Å²) in [5.41, 5.74) is 8.44. The van der Waals surface area contributed by atoms with Gasteiger partial charge < -0.3 is 15.6 Å². The van der Waals surface area contributed by atoms with Crippen LogP contribution in [-0.2, 0) is 11.2 Å². The van der Waals surface area contributed by atoms with E-state index in [1.807, 2.05) is 0 Å². The van der Waals surface area contributed by atoms with E-state index in [9.17, 15) is 23.1 Å². The van der Waals surface area contributed by atoms with Crippen LogP contribution in [0.15, 0.2) is 37.6 Å². The lowest BCUT2D eigenvalue weighted by molar-refractivity contribution is -0.189. The number of rotatable bonds is 2. The van der Waals surface area contributed by atoms with Crippen molar-refractivity contribution in [2.24, 2.45) is 9.98 Å². The molecule has 0 amide bonds. The summed E-state index contributed by atoms with van der Waals surface area (Å²) in [6, 6.07) is 4.65. The van der Waals surface area contributed by atoms with Crippen LogP contribution in [-0.4, -0.2) is 34.8 Å². The van der Waals surface area contributed by atoms with Gasteiger partial charge in [0, 0.05) is 21.6 Å². The second-order valence-electron chi connectivity index (χ2n) is 7.38. The molecule has 0 fully saturated rings. The largest absolute Gasteiger partial charge is 0.504 e. The molecule has 0 saturated carbocycles. The van der Waals surface area contributed by atoms with E-state index in [0.29, 0.717) is 23.9 Å². The van der Waals surface area contributed by atoms with Crippen LogP contribution < -0.4 is 21.0 Å². The number of esters is 1. The number of aliphatic imine (C=N–C) groups is 1. The zero-order valence-corrected chi connectivity index (χ0v) is 17.9. The lowest BCUT2D eigenvalue weighted by atomic mass is 9.96. The monoisotopic (exact) mass is 511 g/mol. The standard InChI is InChI=1S/C20H13BrF3N3O3S/c21-9-1-7-3-15(31-14(7)5-13(9)30-19(29)20(22,23)24)11-2-8-6-26-17-16(8)12(27-11)4-10(25)18(17)28/h1,4-6,11,15,28H,2-3,25H2. The number of nitrogens with zero attached hydrogens (tertiary/aromatic N) is 2. The fourth-order valence-corrected chi connectivity index (χ4v) is 5.80. The quantitative estimate of drug-likeness (QED) is 0.279. The van der Waals surface area contributed by atoms with Crippen molar-refractivity contribution in [2.45, 2.75) is 35.2 Å². The highest BCUT2D eigenvalue weighted by atomic mass is 79.9. The second kappa shape index (κ2) is 6.99. The Morgan fingerprint density at radius 1 is 1.29 bits per heavy atom. The highest BCUT2D eigenvalue weighted by molar-refractivity contribution is 9.10. The van der Waals surface area contributed by atoms with Gasteiger partial charge >= 0.3 is 12.1 Å². The number of benzene rings is 2. The molecule has 3 N–H and O–H groups in total. The van der Waals surface area contributed by atoms with E-state index in [2.05, 4.69) is 25.7 Å². The Balaban J connectivity index is 1.43. The minimum Gasteiger partial charge on any atom is -0.504 e. The molecule has 0 aromatic heterocycles. The first kappa shape index (κ1) is 20.4. The molecule has 0 spiro atoms. The normalized spacial score (nSPS) is 21.0. The minimum absolute atomic E-state index is 0.0311. The van der Waals surface area contributed by atoms with Gasteiger partial charge in [-0.25, -0.2) is 4.79 Å². The van der Waals surface area contributed by atoms with E-state index in [0.717, 1.165) is 21.3 Å². The lowest BCUT2D eigenvalue weighted by Crippen LogP contribution is -2.37. The number of hydrogen-bond acceptors (Lipinski definition) is 7. The van der Waals surface area contributed by atoms with Gasteiger partial charge in [-0.3, -0.25) is 9.98 Å². The van der Waals surface area contributed by atoms with Crippen LogP contribution in [0.5, 0.6) is 11.5 Å². The molecule has 2 unspecified atom stereocenters. The van der Waals surface area contributed by atoms with Crippen molar-refractivity contribution in [3.8, 4) is 11.5 Å². The predicted molar refractivity (Wildman–Crippen MR) is 112 cm³/mol. The van der Waals surface area contributed by atoms with E-state index in [1.165, 1.54) is 17.8 Å². The molecule has 5 rings (SSSR count). The molecule has 160 valence electrons. The number of phenols is 1. The smallest absolute Gasteiger partial charge is 0.491 e. The van der Waals surface area contributed by atoms with E-state index < -0.39 is 12.1 Å². The maximum atomic E-state index is 12.5. The number of ether oxygens (including phenoxy) is 1. The molecule has 0 aliphatic carbocycles. The summed E-state index contributed by atoms with van der Waals surface area (Å²) in [6.07, 6.45) is -2.08. The Labute approximate surface area is 185 Å². The third-order valence-corrected chi connectivity index (χ3v) is 7.40. The summed E-state index contributed by atoms with van der Waals surface area (Å²) in [6.45, 7) is 0. The van der Waals surface area contributed by atoms with Gasteiger partial charge in [-0.2, -0.15) is 13.2 Å². The second-order valence-corrected chi connectivity index (χ2v) is 9.51. The number of phenolic OH excluding ortho intramolecular Hbond substituents is 1. The molecular weight excluding hydrogens is 499 g/mol. The first-order valence-electron chi connectivity index (χ1n) is 9.16. The summed E-state index contributed by atoms with van der Waals surface area (Å²) in [7, 11) is 0. The Hall–Kier alpha value is -2.53. The van der Waals surface area contributed by atoms with Gasteiger partial charge in [0.05, 0.1) is 21.6 Å². The zero-order valence-electron chi connectivity index (χ0n) is 15.5. The molecule has 2 aromatic carbocycles. The maximum Gasteiger partial charge on any atom is 0.491 e. The van der Waals surface area contributed by atoms with Gasteiger partial charge in [-0.1, -0.05) is 0 Å². The van der Waals surface area contributed by atoms with E-state index in [-0.39, 0.29) is 33.0 Å². The van der Waals surface area contributed by atoms with Gasteiger partial charge in [0.1, 0.15) is 11.4 Å². The number of aromatic hydroxyl groups is 1. The van der Waals surface area contributed by atoms with Crippen LogP contribution in [0.25, 0.3) is 5.57 Å². The van der Waals surface area contributed by atoms with Gasteiger partial charge in [-0.05, 0) is 58.1 Å². The molecule has 2 atom stereocenters. The van der Waals surface area contributed by atoms with E-state index in [1.54, 1.807) is 18.3 Å².